The van der Waals surface area contributed by atoms with Gasteiger partial charge in [0, 0.05) is 54.1 Å². The summed E-state index contributed by atoms with van der Waals surface area (Å²) >= 11 is 0. The molecule has 0 amide bonds. The number of furan rings is 3. The fourth-order valence-electron chi connectivity index (χ4n) is 19.5. The Balaban J connectivity index is 0.000000104. The summed E-state index contributed by atoms with van der Waals surface area (Å²) in [6, 6.07) is 88.2. The highest BCUT2D eigenvalue weighted by atomic mass is 16.3. The number of benzene rings is 12. The molecule has 3 fully saturated rings. The Bertz CT molecular complexity index is 5740. The standard InChI is InChI=1S/3C32H28O/c1-20(2)21-12-14-24-25-15-13-22(19-29(25)32(28(24)18-21)16-5-6-17-32)23-9-7-10-27-26-8-3-4-11-30(26)33-31(23)27;1-20(2)21-9-12-24-25-13-10-23(19-29(25)32(28(24)18-21)15-5-6-16-32)22-11-14-31-27(17-22)26-7-3-4-8-30(26)33-31;1-20(2)21-9-12-24-25-13-10-22(18-29(25)32(28(24)17-21)15-5-6-16-32)23-11-14-27-26-7-3-4-8-30(26)33-31(27)19-23/h3-4,7-15,18-20H,5-6,16-17H2,1-2H3;2*3-4,7-14,17-20H,5-6,15-16H2,1-2H3. The van der Waals surface area contributed by atoms with Crippen LogP contribution in [0.2, 0.25) is 0 Å². The molecule has 6 aliphatic rings. The number of para-hydroxylation sites is 4. The average Bonchev–Trinajstić information content (AvgIpc) is 1.56. The van der Waals surface area contributed by atoms with Crippen LogP contribution in [0.15, 0.2) is 250 Å². The average molecular weight is 1290 g/mol. The van der Waals surface area contributed by atoms with Crippen molar-refractivity contribution in [3.63, 3.8) is 0 Å². The molecule has 21 rings (SSSR count). The van der Waals surface area contributed by atoms with Crippen molar-refractivity contribution in [3.05, 3.63) is 287 Å². The van der Waals surface area contributed by atoms with Crippen molar-refractivity contribution < 1.29 is 13.3 Å². The maximum absolute atomic E-state index is 6.38. The van der Waals surface area contributed by atoms with Gasteiger partial charge in [0.1, 0.15) is 33.5 Å². The number of hydrogen-bond acceptors (Lipinski definition) is 3. The lowest BCUT2D eigenvalue weighted by Crippen LogP contribution is -2.20. The molecule has 3 heteroatoms. The van der Waals surface area contributed by atoms with Crippen LogP contribution in [0.4, 0.5) is 0 Å². The molecule has 0 atom stereocenters. The first-order valence-electron chi connectivity index (χ1n) is 37.1. The molecule has 0 saturated heterocycles. The molecule has 0 bridgehead atoms. The van der Waals surface area contributed by atoms with E-state index in [1.807, 2.05) is 18.2 Å². The Hall–Kier alpha value is -9.96. The van der Waals surface area contributed by atoms with Crippen LogP contribution in [-0.2, 0) is 16.2 Å². The van der Waals surface area contributed by atoms with Gasteiger partial charge >= 0.3 is 0 Å². The first kappa shape index (κ1) is 60.2. The van der Waals surface area contributed by atoms with Crippen molar-refractivity contribution >= 4 is 65.8 Å². The Morgan fingerprint density at radius 2 is 0.556 bits per heavy atom. The van der Waals surface area contributed by atoms with Gasteiger partial charge in [0.15, 0.2) is 0 Å². The molecule has 15 aromatic rings. The smallest absolute Gasteiger partial charge is 0.143 e. The zero-order valence-corrected chi connectivity index (χ0v) is 58.0. The third kappa shape index (κ3) is 9.35. The van der Waals surface area contributed by atoms with Gasteiger partial charge in [-0.25, -0.2) is 0 Å². The largest absolute Gasteiger partial charge is 0.456 e. The van der Waals surface area contributed by atoms with Crippen LogP contribution in [-0.4, -0.2) is 0 Å². The molecular formula is C96H84O3. The third-order valence-corrected chi connectivity index (χ3v) is 24.7. The minimum absolute atomic E-state index is 0.174. The van der Waals surface area contributed by atoms with Crippen molar-refractivity contribution in [2.75, 3.05) is 0 Å². The molecule has 12 aromatic carbocycles. The third-order valence-electron chi connectivity index (χ3n) is 24.7. The Morgan fingerprint density at radius 3 is 1.03 bits per heavy atom. The normalized spacial score (nSPS) is 16.2. The summed E-state index contributed by atoms with van der Waals surface area (Å²) in [5, 5.41) is 7.16. The summed E-state index contributed by atoms with van der Waals surface area (Å²) in [6.07, 6.45) is 15.5. The second kappa shape index (κ2) is 23.1. The highest BCUT2D eigenvalue weighted by Gasteiger charge is 2.48. The minimum Gasteiger partial charge on any atom is -0.456 e. The lowest BCUT2D eigenvalue weighted by Gasteiger charge is -2.27. The molecule has 3 spiro atoms. The molecule has 3 heterocycles. The van der Waals surface area contributed by atoms with Crippen LogP contribution in [0, 0.1) is 0 Å². The van der Waals surface area contributed by atoms with Gasteiger partial charge in [-0.2, -0.15) is 0 Å². The summed E-state index contributed by atoms with van der Waals surface area (Å²) in [7, 11) is 0. The molecule has 486 valence electrons. The topological polar surface area (TPSA) is 39.4 Å². The quantitative estimate of drug-likeness (QED) is 0.167. The van der Waals surface area contributed by atoms with Crippen molar-refractivity contribution in [1.29, 1.82) is 0 Å². The monoisotopic (exact) mass is 1280 g/mol. The van der Waals surface area contributed by atoms with E-state index in [4.69, 9.17) is 13.3 Å². The van der Waals surface area contributed by atoms with E-state index in [2.05, 4.69) is 260 Å². The van der Waals surface area contributed by atoms with E-state index >= 15 is 0 Å². The van der Waals surface area contributed by atoms with Crippen molar-refractivity contribution in [3.8, 4) is 66.8 Å². The molecule has 3 nitrogen and oxygen atoms in total. The van der Waals surface area contributed by atoms with Gasteiger partial charge in [0.25, 0.3) is 0 Å². The summed E-state index contributed by atoms with van der Waals surface area (Å²) in [5.74, 6) is 1.67. The molecule has 0 N–H and O–H groups in total. The van der Waals surface area contributed by atoms with E-state index in [0.717, 1.165) is 33.5 Å². The van der Waals surface area contributed by atoms with Gasteiger partial charge in [-0.1, -0.05) is 256 Å². The predicted molar refractivity (Wildman–Crippen MR) is 414 cm³/mol. The van der Waals surface area contributed by atoms with Gasteiger partial charge in [0.05, 0.1) is 0 Å². The fraction of sp³-hybridized carbons (Fsp3) is 0.250. The van der Waals surface area contributed by atoms with Gasteiger partial charge in [-0.3, -0.25) is 0 Å². The van der Waals surface area contributed by atoms with E-state index in [0.29, 0.717) is 17.8 Å². The molecule has 0 radical (unpaired) electrons. The second-order valence-corrected chi connectivity index (χ2v) is 30.9. The Morgan fingerprint density at radius 1 is 0.232 bits per heavy atom. The van der Waals surface area contributed by atoms with E-state index in [-0.39, 0.29) is 16.2 Å². The maximum atomic E-state index is 6.38. The van der Waals surface area contributed by atoms with Crippen LogP contribution >= 0.6 is 0 Å². The summed E-state index contributed by atoms with van der Waals surface area (Å²) < 4.78 is 18.6. The fourth-order valence-corrected chi connectivity index (χ4v) is 19.5. The van der Waals surface area contributed by atoms with Gasteiger partial charge in [0.2, 0.25) is 0 Å². The predicted octanol–water partition coefficient (Wildman–Crippen LogP) is 27.7. The Labute approximate surface area is 581 Å². The second-order valence-electron chi connectivity index (χ2n) is 30.9. The first-order valence-corrected chi connectivity index (χ1v) is 37.1. The molecule has 0 aliphatic heterocycles. The summed E-state index contributed by atoms with van der Waals surface area (Å²) in [6.45, 7) is 13.8. The Kier molecular flexibility index (Phi) is 14.0. The van der Waals surface area contributed by atoms with E-state index < -0.39 is 0 Å². The van der Waals surface area contributed by atoms with E-state index in [1.165, 1.54) is 204 Å². The molecule has 3 aromatic heterocycles. The van der Waals surface area contributed by atoms with Crippen LogP contribution in [0.3, 0.4) is 0 Å². The van der Waals surface area contributed by atoms with Crippen LogP contribution in [0.25, 0.3) is 133 Å². The molecular weight excluding hydrogens is 1200 g/mol. The summed E-state index contributed by atoms with van der Waals surface area (Å²) in [4.78, 5) is 0. The van der Waals surface area contributed by atoms with Gasteiger partial charge in [-0.05, 0) is 228 Å². The van der Waals surface area contributed by atoms with Crippen LogP contribution < -0.4 is 0 Å². The van der Waals surface area contributed by atoms with Gasteiger partial charge in [-0.15, -0.1) is 0 Å². The van der Waals surface area contributed by atoms with Gasteiger partial charge < -0.3 is 13.3 Å². The van der Waals surface area contributed by atoms with Crippen molar-refractivity contribution in [2.24, 2.45) is 0 Å². The number of hydrogen-bond donors (Lipinski definition) is 0. The number of rotatable bonds is 6. The molecule has 0 unspecified atom stereocenters. The van der Waals surface area contributed by atoms with Crippen LogP contribution in [0.5, 0.6) is 0 Å². The highest BCUT2D eigenvalue weighted by Crippen LogP contribution is 2.61. The minimum atomic E-state index is 0.174. The SMILES string of the molecule is CC(C)c1ccc2c(c1)C1(CCCC1)c1cc(-c3ccc4c(c3)oc3ccccc34)ccc1-2.CC(C)c1ccc2c(c1)C1(CCCC1)c1cc(-c3ccc4oc5ccccc5c4c3)ccc1-2.CC(C)c1ccc2c(c1)C1(CCCC1)c1cc(-c3cccc4c3oc3ccccc34)ccc1-2. The lowest BCUT2D eigenvalue weighted by atomic mass is 9.75. The number of fused-ring (bicyclic) bond motifs is 24. The van der Waals surface area contributed by atoms with E-state index in [1.54, 1.807) is 22.3 Å². The lowest BCUT2D eigenvalue weighted by molar-refractivity contribution is 0.549. The molecule has 3 saturated carbocycles. The van der Waals surface area contributed by atoms with Crippen molar-refractivity contribution in [1.82, 2.24) is 0 Å². The van der Waals surface area contributed by atoms with Crippen molar-refractivity contribution in [2.45, 2.75) is 153 Å². The molecule has 99 heavy (non-hydrogen) atoms. The highest BCUT2D eigenvalue weighted by molar-refractivity contribution is 6.10. The zero-order chi connectivity index (χ0) is 66.5. The van der Waals surface area contributed by atoms with E-state index in [9.17, 15) is 0 Å². The van der Waals surface area contributed by atoms with Crippen LogP contribution in [0.1, 0.15) is 186 Å². The maximum Gasteiger partial charge on any atom is 0.143 e. The molecule has 6 aliphatic carbocycles. The first-order chi connectivity index (χ1) is 48.4. The zero-order valence-electron chi connectivity index (χ0n) is 58.0. The summed E-state index contributed by atoms with van der Waals surface area (Å²) in [5.41, 5.74) is 36.3.